The van der Waals surface area contributed by atoms with Crippen LogP contribution in [0, 0.1) is 23.2 Å². The number of carboxylic acid groups (broad SMARTS) is 1. The van der Waals surface area contributed by atoms with Crippen molar-refractivity contribution in [3.05, 3.63) is 150 Å². The van der Waals surface area contributed by atoms with Crippen LogP contribution in [0.1, 0.15) is 45.2 Å². The van der Waals surface area contributed by atoms with Crippen molar-refractivity contribution in [1.29, 1.82) is 10.5 Å². The monoisotopic (exact) mass is 825 g/mol. The number of benzene rings is 4. The van der Waals surface area contributed by atoms with Crippen molar-refractivity contribution in [2.45, 2.75) is 18.1 Å². The first-order valence-corrected chi connectivity index (χ1v) is 16.5. The zero-order chi connectivity index (χ0) is 38.0. The van der Waals surface area contributed by atoms with Gasteiger partial charge < -0.3 is 68.8 Å². The Morgan fingerprint density at radius 3 is 1.33 bits per heavy atom. The first-order valence-electron chi connectivity index (χ1n) is 13.7. The van der Waals surface area contributed by atoms with Crippen LogP contribution in [0.25, 0.3) is 0 Å². The van der Waals surface area contributed by atoms with Crippen LogP contribution in [0.3, 0.4) is 0 Å². The number of quaternary nitrogens is 2. The number of hydrogen-bond donors (Lipinski definition) is 5. The molecular formula is C34H40Cl4N5NaO7S. The summed E-state index contributed by atoms with van der Waals surface area (Å²) in [6, 6.07) is 37.1. The van der Waals surface area contributed by atoms with E-state index < -0.39 is 33.3 Å². The van der Waals surface area contributed by atoms with Gasteiger partial charge in [0, 0.05) is 45.2 Å². The van der Waals surface area contributed by atoms with Crippen molar-refractivity contribution < 1.29 is 99.4 Å². The van der Waals surface area contributed by atoms with E-state index in [1.54, 1.807) is 36.4 Å². The molecule has 0 bridgehead atoms. The van der Waals surface area contributed by atoms with E-state index in [2.05, 4.69) is 37.6 Å². The summed E-state index contributed by atoms with van der Waals surface area (Å²) in [5.41, 5.74) is 15.9. The number of carbonyl (C=O) groups is 3. The zero-order valence-electron chi connectivity index (χ0n) is 28.6. The average Bonchev–Trinajstić information content (AvgIpc) is 3.17. The Bertz CT molecular complexity index is 1510. The van der Waals surface area contributed by atoms with Gasteiger partial charge in [0.2, 0.25) is 21.3 Å². The van der Waals surface area contributed by atoms with E-state index in [0.717, 1.165) is 35.6 Å². The van der Waals surface area contributed by atoms with E-state index in [-0.39, 0.29) is 60.3 Å². The van der Waals surface area contributed by atoms with E-state index in [4.69, 9.17) is 37.3 Å². The summed E-state index contributed by atoms with van der Waals surface area (Å²) in [6.45, 7) is 4.75. The largest absolute Gasteiger partial charge is 1.00 e. The number of aliphatic carboxylic acids is 1. The van der Waals surface area contributed by atoms with Crippen molar-refractivity contribution in [2.24, 2.45) is 5.73 Å². The Balaban J connectivity index is -0.000000125. The van der Waals surface area contributed by atoms with Crippen LogP contribution in [0.4, 0.5) is 0 Å². The van der Waals surface area contributed by atoms with E-state index in [1.165, 1.54) is 7.11 Å². The summed E-state index contributed by atoms with van der Waals surface area (Å²) in [6.07, 6.45) is 0.833. The summed E-state index contributed by atoms with van der Waals surface area (Å²) >= 11 is 0. The van der Waals surface area contributed by atoms with Gasteiger partial charge in [-0.15, -0.1) is 0 Å². The van der Waals surface area contributed by atoms with Gasteiger partial charge in [0.05, 0.1) is 13.2 Å². The van der Waals surface area contributed by atoms with Crippen LogP contribution in [0.5, 0.6) is 0 Å². The molecule has 3 atom stereocenters. The molecule has 3 unspecified atom stereocenters. The molecule has 52 heavy (non-hydrogen) atoms. The third kappa shape index (κ3) is 32.5. The SMILES string of the molecule is CO.COC(=O)C([NH3+])c1ccccc1.N#CC(N)c1ccccc1.O=Cc1ccccc1.O=S(Cl)Cl.[C-]#N.[Cl-].[Cl-].[NH3+]C(C(=O)O)c1ccccc1.[Na+]. The molecule has 10 N–H and O–H groups in total. The molecule has 0 radical (unpaired) electrons. The molecule has 0 spiro atoms. The number of hydrogen-bond acceptors (Lipinski definition) is 9. The second kappa shape index (κ2) is 42.0. The zero-order valence-corrected chi connectivity index (χ0v) is 34.4. The number of carboxylic acids is 1. The van der Waals surface area contributed by atoms with E-state index >= 15 is 0 Å². The van der Waals surface area contributed by atoms with E-state index in [1.807, 2.05) is 91.0 Å². The number of aliphatic hydroxyl groups is 1. The average molecular weight is 828 g/mol. The number of aliphatic hydroxyl groups excluding tert-OH is 1. The maximum Gasteiger partial charge on any atom is 1.00 e. The van der Waals surface area contributed by atoms with Gasteiger partial charge in [-0.2, -0.15) is 5.26 Å². The van der Waals surface area contributed by atoms with Gasteiger partial charge in [0.25, 0.3) is 0 Å². The number of rotatable bonds is 6. The molecule has 0 fully saturated rings. The van der Waals surface area contributed by atoms with Crippen LogP contribution >= 0.6 is 21.4 Å². The van der Waals surface area contributed by atoms with E-state index in [0.29, 0.717) is 0 Å². The minimum absolute atomic E-state index is 0. The number of nitriles is 1. The fourth-order valence-electron chi connectivity index (χ4n) is 3.06. The molecule has 18 heteroatoms. The van der Waals surface area contributed by atoms with Gasteiger partial charge in [-0.1, -0.05) is 121 Å². The third-order valence-electron chi connectivity index (χ3n) is 5.42. The maximum atomic E-state index is 11.0. The summed E-state index contributed by atoms with van der Waals surface area (Å²) in [7, 11) is 9.72. The number of nitrogens with zero attached hydrogens (tertiary/aromatic N) is 2. The van der Waals surface area contributed by atoms with Gasteiger partial charge in [-0.25, -0.2) is 13.8 Å². The summed E-state index contributed by atoms with van der Waals surface area (Å²) in [5, 5.41) is 30.2. The van der Waals surface area contributed by atoms with Gasteiger partial charge in [-0.05, 0) is 5.56 Å². The quantitative estimate of drug-likeness (QED) is 0.0406. The minimum Gasteiger partial charge on any atom is -1.00 e. The Hall–Kier alpha value is -3.38. The minimum atomic E-state index is -1.67. The molecule has 0 saturated heterocycles. The third-order valence-corrected chi connectivity index (χ3v) is 5.42. The van der Waals surface area contributed by atoms with Crippen LogP contribution in [-0.2, 0) is 23.6 Å². The maximum absolute atomic E-state index is 11.0. The molecule has 0 amide bonds. The molecule has 0 aliphatic carbocycles. The molecule has 278 valence electrons. The Kier molecular flexibility index (Phi) is 49.1. The van der Waals surface area contributed by atoms with Crippen LogP contribution in [-0.4, -0.2) is 46.9 Å². The predicted octanol–water partition coefficient (Wildman–Crippen LogP) is -5.33. The predicted molar refractivity (Wildman–Crippen MR) is 188 cm³/mol. The van der Waals surface area contributed by atoms with Crippen LogP contribution < -0.4 is 71.6 Å². The number of carbonyl (C=O) groups excluding carboxylic acids is 2. The van der Waals surface area contributed by atoms with Crippen LogP contribution in [0.2, 0.25) is 0 Å². The first-order chi connectivity index (χ1) is 23.5. The standard InChI is InChI=1S/C9H11NO2.C8H8N2.C8H9NO2.C7H6O.CN.CH4O.Cl2OS.2ClH.Na/c1-12-9(11)8(10)7-5-3-2-4-6-7;9-6-8(10)7-4-2-1-3-5-7;9-7(8(10)11)6-4-2-1-3-5-6;8-6-7-4-2-1-3-5-7;2*1-2;1-4(2)3;;;/h2-6,8H,10H2,1H3;1-5,8H,10H2;1-5,7H,9H2,(H,10,11);1-6H;;2H,1H3;;2*1H;/q;;;;-1;;;;;+1. The summed E-state index contributed by atoms with van der Waals surface area (Å²) < 4.78 is 13.7. The van der Waals surface area contributed by atoms with Crippen molar-refractivity contribution in [1.82, 2.24) is 0 Å². The van der Waals surface area contributed by atoms with Gasteiger partial charge >= 0.3 is 41.5 Å². The van der Waals surface area contributed by atoms with E-state index in [9.17, 15) is 14.4 Å². The molecule has 0 aliphatic rings. The second-order valence-corrected chi connectivity index (χ2v) is 11.0. The molecular weight excluding hydrogens is 787 g/mol. The van der Waals surface area contributed by atoms with Crippen molar-refractivity contribution >= 4 is 48.8 Å². The molecule has 4 rings (SSSR count). The summed E-state index contributed by atoms with van der Waals surface area (Å²) in [4.78, 5) is 31.5. The molecule has 0 heterocycles. The molecule has 12 nitrogen and oxygen atoms in total. The number of halogens is 4. The fourth-order valence-corrected chi connectivity index (χ4v) is 3.06. The van der Waals surface area contributed by atoms with Crippen molar-refractivity contribution in [3.63, 3.8) is 0 Å². The molecule has 4 aromatic rings. The normalized spacial score (nSPS) is 9.88. The Morgan fingerprint density at radius 2 is 1.08 bits per heavy atom. The van der Waals surface area contributed by atoms with Gasteiger partial charge in [0.1, 0.15) is 12.3 Å². The number of nitrogens with two attached hydrogens (primary N) is 1. The first kappa shape index (κ1) is 60.7. The number of esters is 1. The van der Waals surface area contributed by atoms with Gasteiger partial charge in [-0.3, -0.25) is 4.79 Å². The number of methoxy groups -OCH3 is 1. The summed E-state index contributed by atoms with van der Waals surface area (Å²) in [5.74, 6) is -1.20. The second-order valence-electron chi connectivity index (χ2n) is 8.52. The Labute approximate surface area is 350 Å². The van der Waals surface area contributed by atoms with Crippen molar-refractivity contribution in [3.8, 4) is 6.07 Å². The molecule has 0 aromatic heterocycles. The number of ether oxygens (including phenoxy) is 1. The molecule has 0 saturated carbocycles. The smallest absolute Gasteiger partial charge is 1.00 e. The molecule has 0 aliphatic heterocycles. The Morgan fingerprint density at radius 1 is 0.788 bits per heavy atom. The fraction of sp³-hybridized carbons (Fsp3) is 0.147. The molecule has 4 aromatic carbocycles. The number of aldehydes is 1. The topological polar surface area (TPSA) is 247 Å². The van der Waals surface area contributed by atoms with Crippen molar-refractivity contribution in [2.75, 3.05) is 14.2 Å². The van der Waals surface area contributed by atoms with Crippen LogP contribution in [0.15, 0.2) is 121 Å². The van der Waals surface area contributed by atoms with Gasteiger partial charge in [0.15, 0.2) is 0 Å².